The van der Waals surface area contributed by atoms with Crippen molar-refractivity contribution in [2.24, 2.45) is 39.9 Å². The molecule has 250 valence electrons. The van der Waals surface area contributed by atoms with Gasteiger partial charge in [-0.25, -0.2) is 4.98 Å². The van der Waals surface area contributed by atoms with E-state index in [9.17, 15) is 25.2 Å². The van der Waals surface area contributed by atoms with Crippen LogP contribution in [0.5, 0.6) is 0 Å². The van der Waals surface area contributed by atoms with Crippen molar-refractivity contribution < 1.29 is 25.2 Å². The van der Waals surface area contributed by atoms with Crippen LogP contribution < -0.4 is 0 Å². The van der Waals surface area contributed by atoms with Gasteiger partial charge in [-0.1, -0.05) is 52.2 Å². The van der Waals surface area contributed by atoms with Gasteiger partial charge >= 0.3 is 0 Å². The van der Waals surface area contributed by atoms with Crippen molar-refractivity contribution in [3.8, 4) is 0 Å². The first-order valence-electron chi connectivity index (χ1n) is 17.9. The Morgan fingerprint density at radius 2 is 1.82 bits per heavy atom. The maximum atomic E-state index is 13.6. The molecule has 1 aromatic heterocycles. The number of hydrogen-bond donors (Lipinski definition) is 4. The minimum absolute atomic E-state index is 0.000841. The molecule has 0 spiro atoms. The SMILES string of the molecule is CC(C(O)CC(=C1CCCCC1)C(C)(C)CCn1ccnc1)C1CCC2(O)C3=CC(=O)C4CC(O)C(O)CC4(C)C3CCC12C. The summed E-state index contributed by atoms with van der Waals surface area (Å²) in [7, 11) is 0. The first-order chi connectivity index (χ1) is 21.2. The Labute approximate surface area is 270 Å². The summed E-state index contributed by atoms with van der Waals surface area (Å²) in [5.41, 5.74) is 1.78. The molecule has 0 aromatic carbocycles. The molecule has 10 unspecified atom stereocenters. The van der Waals surface area contributed by atoms with Crippen molar-refractivity contribution in [2.45, 2.75) is 149 Å². The first-order valence-corrected chi connectivity index (χ1v) is 17.9. The fraction of sp³-hybridized carbons (Fsp3) is 0.789. The fourth-order valence-corrected chi connectivity index (χ4v) is 11.1. The van der Waals surface area contributed by atoms with E-state index in [1.54, 1.807) is 11.6 Å². The van der Waals surface area contributed by atoms with Crippen molar-refractivity contribution in [1.82, 2.24) is 9.55 Å². The molecule has 45 heavy (non-hydrogen) atoms. The predicted molar refractivity (Wildman–Crippen MR) is 175 cm³/mol. The summed E-state index contributed by atoms with van der Waals surface area (Å²) in [5.74, 6) is -0.188. The number of hydrogen-bond acceptors (Lipinski definition) is 6. The number of aliphatic hydroxyl groups excluding tert-OH is 3. The number of aryl methyl sites for hydroxylation is 1. The molecule has 4 saturated carbocycles. The summed E-state index contributed by atoms with van der Waals surface area (Å²) in [6.45, 7) is 12.1. The van der Waals surface area contributed by atoms with Crippen LogP contribution in [0.4, 0.5) is 0 Å². The molecule has 1 aromatic rings. The summed E-state index contributed by atoms with van der Waals surface area (Å²) in [6.07, 6.45) is 16.6. The molecule has 10 atom stereocenters. The van der Waals surface area contributed by atoms with Gasteiger partial charge in [0.25, 0.3) is 0 Å². The molecule has 4 N–H and O–H groups in total. The lowest BCUT2D eigenvalue weighted by molar-refractivity contribution is -0.154. The van der Waals surface area contributed by atoms with Gasteiger partial charge in [-0.15, -0.1) is 0 Å². The van der Waals surface area contributed by atoms with E-state index in [1.165, 1.54) is 24.8 Å². The van der Waals surface area contributed by atoms with Crippen LogP contribution in [0, 0.1) is 39.9 Å². The summed E-state index contributed by atoms with van der Waals surface area (Å²) in [6, 6.07) is 0. The lowest BCUT2D eigenvalue weighted by Crippen LogP contribution is -2.61. The third-order valence-electron chi connectivity index (χ3n) is 14.1. The number of carbonyl (C=O) groups is 1. The van der Waals surface area contributed by atoms with Gasteiger partial charge in [0, 0.05) is 30.3 Å². The van der Waals surface area contributed by atoms with E-state index in [4.69, 9.17) is 0 Å². The second-order valence-electron chi connectivity index (χ2n) is 16.9. The normalized spacial score (nSPS) is 39.8. The third kappa shape index (κ3) is 5.52. The summed E-state index contributed by atoms with van der Waals surface area (Å²) < 4.78 is 2.14. The summed E-state index contributed by atoms with van der Waals surface area (Å²) >= 11 is 0. The Balaban J connectivity index is 1.24. The van der Waals surface area contributed by atoms with Crippen LogP contribution in [0.2, 0.25) is 0 Å². The topological polar surface area (TPSA) is 116 Å². The zero-order chi connectivity index (χ0) is 32.4. The van der Waals surface area contributed by atoms with Crippen LogP contribution in [-0.4, -0.2) is 59.7 Å². The highest BCUT2D eigenvalue weighted by atomic mass is 16.3. The van der Waals surface area contributed by atoms with E-state index in [0.29, 0.717) is 19.3 Å². The van der Waals surface area contributed by atoms with Crippen LogP contribution in [0.15, 0.2) is 41.5 Å². The molecule has 0 saturated heterocycles. The molecule has 6 rings (SSSR count). The minimum Gasteiger partial charge on any atom is -0.393 e. The van der Waals surface area contributed by atoms with Crippen LogP contribution in [0.3, 0.4) is 0 Å². The van der Waals surface area contributed by atoms with Crippen LogP contribution >= 0.6 is 0 Å². The van der Waals surface area contributed by atoms with E-state index in [1.807, 2.05) is 18.7 Å². The zero-order valence-electron chi connectivity index (χ0n) is 28.3. The molecular formula is C38H58N2O5. The van der Waals surface area contributed by atoms with E-state index in [2.05, 4.69) is 44.2 Å². The van der Waals surface area contributed by atoms with Crippen molar-refractivity contribution in [1.29, 1.82) is 0 Å². The predicted octanol–water partition coefficient (Wildman–Crippen LogP) is 6.15. The molecule has 0 amide bonds. The van der Waals surface area contributed by atoms with Gasteiger partial charge in [-0.2, -0.15) is 0 Å². The van der Waals surface area contributed by atoms with Gasteiger partial charge in [-0.3, -0.25) is 4.79 Å². The van der Waals surface area contributed by atoms with Crippen LogP contribution in [0.25, 0.3) is 0 Å². The number of rotatable bonds is 8. The number of fused-ring (bicyclic) bond motifs is 5. The molecular weight excluding hydrogens is 564 g/mol. The molecule has 4 fully saturated rings. The molecule has 0 bridgehead atoms. The van der Waals surface area contributed by atoms with Crippen LogP contribution in [-0.2, 0) is 11.3 Å². The second kappa shape index (κ2) is 12.0. The van der Waals surface area contributed by atoms with Gasteiger partial charge < -0.3 is 25.0 Å². The highest BCUT2D eigenvalue weighted by molar-refractivity contribution is 5.95. The maximum Gasteiger partial charge on any atom is 0.159 e. The Kier molecular flexibility index (Phi) is 8.84. The molecule has 5 aliphatic rings. The number of nitrogens with zero attached hydrogens (tertiary/aromatic N) is 2. The largest absolute Gasteiger partial charge is 0.393 e. The monoisotopic (exact) mass is 622 g/mol. The Hall–Kier alpha value is -1.80. The maximum absolute atomic E-state index is 13.6. The smallest absolute Gasteiger partial charge is 0.159 e. The van der Waals surface area contributed by atoms with Crippen molar-refractivity contribution >= 4 is 5.78 Å². The fourth-order valence-electron chi connectivity index (χ4n) is 11.1. The van der Waals surface area contributed by atoms with Gasteiger partial charge in [0.2, 0.25) is 0 Å². The average Bonchev–Trinajstić information content (AvgIpc) is 3.62. The van der Waals surface area contributed by atoms with Crippen molar-refractivity contribution in [3.63, 3.8) is 0 Å². The summed E-state index contributed by atoms with van der Waals surface area (Å²) in [4.78, 5) is 17.8. The quantitative estimate of drug-likeness (QED) is 0.259. The molecule has 5 aliphatic carbocycles. The van der Waals surface area contributed by atoms with Crippen molar-refractivity contribution in [2.75, 3.05) is 0 Å². The average molecular weight is 623 g/mol. The van der Waals surface area contributed by atoms with Gasteiger partial charge in [-0.05, 0) is 117 Å². The number of allylic oxidation sites excluding steroid dienone is 2. The first kappa shape index (κ1) is 33.1. The van der Waals surface area contributed by atoms with Crippen molar-refractivity contribution in [3.05, 3.63) is 41.5 Å². The molecule has 7 nitrogen and oxygen atoms in total. The number of aromatic nitrogens is 2. The highest BCUT2D eigenvalue weighted by Crippen LogP contribution is 2.68. The third-order valence-corrected chi connectivity index (χ3v) is 14.1. The zero-order valence-corrected chi connectivity index (χ0v) is 28.3. The number of imidazole rings is 1. The molecule has 7 heteroatoms. The Morgan fingerprint density at radius 1 is 1.09 bits per heavy atom. The number of carbonyl (C=O) groups excluding carboxylic acids is 1. The lowest BCUT2D eigenvalue weighted by atomic mass is 9.46. The number of aliphatic hydroxyl groups is 4. The van der Waals surface area contributed by atoms with E-state index >= 15 is 0 Å². The van der Waals surface area contributed by atoms with Crippen LogP contribution in [0.1, 0.15) is 118 Å². The number of ketones is 1. The molecule has 0 radical (unpaired) electrons. The van der Waals surface area contributed by atoms with E-state index in [0.717, 1.165) is 50.6 Å². The van der Waals surface area contributed by atoms with Gasteiger partial charge in [0.15, 0.2) is 5.78 Å². The molecule has 0 aliphatic heterocycles. The minimum atomic E-state index is -1.10. The Bertz CT molecular complexity index is 1310. The lowest BCUT2D eigenvalue weighted by Gasteiger charge is -2.60. The van der Waals surface area contributed by atoms with E-state index < -0.39 is 34.7 Å². The standard InChI is InChI=1S/C38H58N2O5/c1-24(31(41)19-28(25-9-7-6-8-10-25)35(2,3)15-17-40-18-16-39-23-40)26-12-14-38(45)29-20-32(42)30-21-33(43)34(44)22-36(30,4)27(29)11-13-37(26,38)5/h16,18,20,23-24,26-27,30-31,33-34,41,43-45H,6-15,17,19,21-22H2,1-5H3. The van der Waals surface area contributed by atoms with Gasteiger partial charge in [0.1, 0.15) is 0 Å². The summed E-state index contributed by atoms with van der Waals surface area (Å²) in [5, 5.41) is 45.8. The highest BCUT2D eigenvalue weighted by Gasteiger charge is 2.67. The van der Waals surface area contributed by atoms with E-state index in [-0.39, 0.29) is 41.3 Å². The van der Waals surface area contributed by atoms with Gasteiger partial charge in [0.05, 0.1) is 30.2 Å². The Morgan fingerprint density at radius 3 is 2.51 bits per heavy atom. The second-order valence-corrected chi connectivity index (χ2v) is 16.9. The molecule has 1 heterocycles.